The standard InChI is InChI=1S/C46H78O12S/c1-3-5-7-9-11-13-15-17-19-21-22-24-26-28-30-32-34-41(47)55-36-39(37-56-46-45(51)44(50)43(49)40(58-46)38-59(52,53)54)57-42(48)35-33-31-29-27-25-23-20-18-16-14-12-10-8-6-4-2/h6,8,12,14,18-21,25,27,39-40,43-46,49-51H,3-5,7,9-11,13,15-17,22-24,26,28-38H2,1-2H3,(H,52,53,54)/b8-6-,14-12-,20-18-,21-19-,27-25-. The van der Waals surface area contributed by atoms with Gasteiger partial charge in [-0.05, 0) is 77.0 Å². The van der Waals surface area contributed by atoms with Gasteiger partial charge in [-0.25, -0.2) is 0 Å². The number of esters is 2. The van der Waals surface area contributed by atoms with Gasteiger partial charge in [0, 0.05) is 12.8 Å². The highest BCUT2D eigenvalue weighted by molar-refractivity contribution is 7.85. The van der Waals surface area contributed by atoms with Gasteiger partial charge in [0.2, 0.25) is 0 Å². The van der Waals surface area contributed by atoms with E-state index in [-0.39, 0.29) is 19.4 Å². The van der Waals surface area contributed by atoms with E-state index in [2.05, 4.69) is 74.6 Å². The maximum Gasteiger partial charge on any atom is 0.306 e. The summed E-state index contributed by atoms with van der Waals surface area (Å²) in [7, 11) is -4.61. The molecule has 0 aromatic heterocycles. The van der Waals surface area contributed by atoms with Crippen molar-refractivity contribution in [3.8, 4) is 0 Å². The van der Waals surface area contributed by atoms with Crippen LogP contribution in [-0.4, -0.2) is 96.0 Å². The number of carbonyl (C=O) groups is 2. The van der Waals surface area contributed by atoms with E-state index in [4.69, 9.17) is 18.9 Å². The first-order chi connectivity index (χ1) is 28.5. The zero-order valence-electron chi connectivity index (χ0n) is 36.1. The highest BCUT2D eigenvalue weighted by atomic mass is 32.2. The highest BCUT2D eigenvalue weighted by Crippen LogP contribution is 2.24. The summed E-state index contributed by atoms with van der Waals surface area (Å²) in [6, 6.07) is 0. The molecule has 1 saturated heterocycles. The number of aliphatic hydroxyl groups excluding tert-OH is 3. The second-order valence-corrected chi connectivity index (χ2v) is 16.8. The first kappa shape index (κ1) is 54.4. The van der Waals surface area contributed by atoms with Gasteiger partial charge in [-0.3, -0.25) is 14.1 Å². The Kier molecular flexibility index (Phi) is 33.2. The summed E-state index contributed by atoms with van der Waals surface area (Å²) >= 11 is 0. The predicted octanol–water partition coefficient (Wildman–Crippen LogP) is 8.95. The Morgan fingerprint density at radius 2 is 1.07 bits per heavy atom. The summed E-state index contributed by atoms with van der Waals surface area (Å²) < 4.78 is 54.0. The van der Waals surface area contributed by atoms with E-state index in [1.54, 1.807) is 0 Å². The Bertz CT molecular complexity index is 1320. The van der Waals surface area contributed by atoms with E-state index in [1.807, 2.05) is 0 Å². The first-order valence-corrected chi connectivity index (χ1v) is 24.0. The van der Waals surface area contributed by atoms with Crippen molar-refractivity contribution in [3.63, 3.8) is 0 Å². The molecule has 6 atom stereocenters. The zero-order chi connectivity index (χ0) is 43.4. The summed E-state index contributed by atoms with van der Waals surface area (Å²) in [6.07, 6.45) is 34.1. The van der Waals surface area contributed by atoms with E-state index < -0.39 is 71.2 Å². The van der Waals surface area contributed by atoms with Crippen molar-refractivity contribution >= 4 is 22.1 Å². The van der Waals surface area contributed by atoms with Crippen LogP contribution in [0.15, 0.2) is 60.8 Å². The number of aliphatic hydroxyl groups is 3. The quantitative estimate of drug-likeness (QED) is 0.0203. The van der Waals surface area contributed by atoms with Crippen LogP contribution < -0.4 is 0 Å². The topological polar surface area (TPSA) is 186 Å². The molecule has 0 bridgehead atoms. The molecule has 0 aliphatic carbocycles. The number of allylic oxidation sites excluding steroid dienone is 10. The minimum absolute atomic E-state index is 0.108. The number of unbranched alkanes of at least 4 members (excludes halogenated alkanes) is 14. The van der Waals surface area contributed by atoms with Gasteiger partial charge in [0.1, 0.15) is 36.8 Å². The van der Waals surface area contributed by atoms with Crippen molar-refractivity contribution < 1.29 is 56.8 Å². The van der Waals surface area contributed by atoms with E-state index in [0.29, 0.717) is 12.8 Å². The summed E-state index contributed by atoms with van der Waals surface area (Å²) in [6.45, 7) is 3.59. The van der Waals surface area contributed by atoms with Crippen LogP contribution >= 0.6 is 0 Å². The third-order valence-electron chi connectivity index (χ3n) is 9.83. The minimum atomic E-state index is -4.61. The molecular weight excluding hydrogens is 777 g/mol. The summed E-state index contributed by atoms with van der Waals surface area (Å²) in [5.41, 5.74) is 0. The Hall–Kier alpha value is -2.65. The Morgan fingerprint density at radius 3 is 1.64 bits per heavy atom. The molecule has 340 valence electrons. The highest BCUT2D eigenvalue weighted by Gasteiger charge is 2.46. The molecule has 0 radical (unpaired) electrons. The predicted molar refractivity (Wildman–Crippen MR) is 233 cm³/mol. The SMILES string of the molecule is CC/C=C\C/C=C\C/C=C\C/C=C\CCCCC(=O)OC(COC(=O)CCCCCCC/C=C\CCCCCCCCC)COC1OC(CS(=O)(=O)O)C(O)C(O)C1O. The minimum Gasteiger partial charge on any atom is -0.462 e. The van der Waals surface area contributed by atoms with Crippen LogP contribution in [0.2, 0.25) is 0 Å². The molecular formula is C46H78O12S. The molecule has 12 nitrogen and oxygen atoms in total. The van der Waals surface area contributed by atoms with Crippen molar-refractivity contribution in [3.05, 3.63) is 60.8 Å². The van der Waals surface area contributed by atoms with Gasteiger partial charge in [-0.1, -0.05) is 132 Å². The average molecular weight is 855 g/mol. The lowest BCUT2D eigenvalue weighted by Crippen LogP contribution is -2.60. The monoisotopic (exact) mass is 855 g/mol. The lowest BCUT2D eigenvalue weighted by atomic mass is 10.00. The molecule has 4 N–H and O–H groups in total. The van der Waals surface area contributed by atoms with Gasteiger partial charge in [0.25, 0.3) is 10.1 Å². The second-order valence-electron chi connectivity index (χ2n) is 15.3. The smallest absolute Gasteiger partial charge is 0.306 e. The zero-order valence-corrected chi connectivity index (χ0v) is 36.9. The van der Waals surface area contributed by atoms with Crippen molar-refractivity contribution in [2.45, 2.75) is 198 Å². The molecule has 1 aliphatic rings. The van der Waals surface area contributed by atoms with Gasteiger partial charge in [-0.2, -0.15) is 8.42 Å². The third kappa shape index (κ3) is 30.9. The molecule has 13 heteroatoms. The molecule has 0 spiro atoms. The normalized spacial score (nSPS) is 20.8. The Morgan fingerprint density at radius 1 is 0.593 bits per heavy atom. The van der Waals surface area contributed by atoms with E-state index >= 15 is 0 Å². The van der Waals surface area contributed by atoms with Crippen molar-refractivity contribution in [1.82, 2.24) is 0 Å². The van der Waals surface area contributed by atoms with Gasteiger partial charge < -0.3 is 34.3 Å². The Balaban J connectivity index is 2.49. The number of hydrogen-bond acceptors (Lipinski definition) is 11. The fourth-order valence-corrected chi connectivity index (χ4v) is 7.06. The van der Waals surface area contributed by atoms with Gasteiger partial charge in [-0.15, -0.1) is 0 Å². The summed E-state index contributed by atoms with van der Waals surface area (Å²) in [5.74, 6) is -2.05. The van der Waals surface area contributed by atoms with E-state index in [1.165, 1.54) is 44.9 Å². The van der Waals surface area contributed by atoms with Crippen molar-refractivity contribution in [2.75, 3.05) is 19.0 Å². The fraction of sp³-hybridized carbons (Fsp3) is 0.739. The summed E-state index contributed by atoms with van der Waals surface area (Å²) in [4.78, 5) is 25.4. The van der Waals surface area contributed by atoms with Gasteiger partial charge >= 0.3 is 11.9 Å². The molecule has 1 aliphatic heterocycles. The van der Waals surface area contributed by atoms with Crippen molar-refractivity contribution in [1.29, 1.82) is 0 Å². The third-order valence-corrected chi connectivity index (χ3v) is 10.6. The van der Waals surface area contributed by atoms with Crippen LogP contribution in [0, 0.1) is 0 Å². The van der Waals surface area contributed by atoms with Gasteiger partial charge in [0.05, 0.1) is 6.61 Å². The lowest BCUT2D eigenvalue weighted by Gasteiger charge is -2.40. The largest absolute Gasteiger partial charge is 0.462 e. The van der Waals surface area contributed by atoms with Crippen LogP contribution in [0.5, 0.6) is 0 Å². The van der Waals surface area contributed by atoms with E-state index in [9.17, 15) is 37.9 Å². The first-order valence-electron chi connectivity index (χ1n) is 22.3. The maximum atomic E-state index is 12.8. The Labute approximate surface area is 355 Å². The van der Waals surface area contributed by atoms with Crippen LogP contribution in [-0.2, 0) is 38.7 Å². The fourth-order valence-electron chi connectivity index (χ4n) is 6.37. The molecule has 1 fully saturated rings. The number of hydrogen-bond donors (Lipinski definition) is 4. The van der Waals surface area contributed by atoms with Crippen LogP contribution in [0.25, 0.3) is 0 Å². The van der Waals surface area contributed by atoms with Crippen molar-refractivity contribution in [2.24, 2.45) is 0 Å². The van der Waals surface area contributed by atoms with Crippen LogP contribution in [0.4, 0.5) is 0 Å². The molecule has 0 aromatic carbocycles. The second kappa shape index (κ2) is 36.0. The molecule has 0 aromatic rings. The molecule has 0 amide bonds. The molecule has 6 unspecified atom stereocenters. The number of carbonyl (C=O) groups excluding carboxylic acids is 2. The number of ether oxygens (including phenoxy) is 4. The van der Waals surface area contributed by atoms with Crippen LogP contribution in [0.1, 0.15) is 162 Å². The number of rotatable bonds is 36. The lowest BCUT2D eigenvalue weighted by molar-refractivity contribution is -0.297. The molecule has 1 heterocycles. The molecule has 0 saturated carbocycles. The molecule has 59 heavy (non-hydrogen) atoms. The average Bonchev–Trinajstić information content (AvgIpc) is 3.20. The van der Waals surface area contributed by atoms with Crippen LogP contribution in [0.3, 0.4) is 0 Å². The molecule has 1 rings (SSSR count). The van der Waals surface area contributed by atoms with E-state index in [0.717, 1.165) is 77.0 Å². The summed E-state index contributed by atoms with van der Waals surface area (Å²) in [5, 5.41) is 30.9. The van der Waals surface area contributed by atoms with Gasteiger partial charge in [0.15, 0.2) is 12.4 Å². The maximum absolute atomic E-state index is 12.8.